The summed E-state index contributed by atoms with van der Waals surface area (Å²) < 4.78 is 0. The van der Waals surface area contributed by atoms with Gasteiger partial charge in [-0.2, -0.15) is 0 Å². The van der Waals surface area contributed by atoms with Crippen LogP contribution in [0.5, 0.6) is 0 Å². The SMILES string of the molecule is CCCNCc1sc(N2CCC(C)(C)C2)nc1CC. The Kier molecular flexibility index (Phi) is 4.85. The van der Waals surface area contributed by atoms with Crippen LogP contribution in [-0.2, 0) is 13.0 Å². The minimum atomic E-state index is 0.443. The molecule has 4 heteroatoms. The number of hydrogen-bond acceptors (Lipinski definition) is 4. The Labute approximate surface area is 121 Å². The van der Waals surface area contributed by atoms with E-state index in [0.29, 0.717) is 5.41 Å². The maximum atomic E-state index is 4.86. The third-order valence-corrected chi connectivity index (χ3v) is 4.92. The van der Waals surface area contributed by atoms with E-state index in [0.717, 1.165) is 32.6 Å². The fraction of sp³-hybridized carbons (Fsp3) is 0.800. The highest BCUT2D eigenvalue weighted by Gasteiger charge is 2.31. The molecule has 19 heavy (non-hydrogen) atoms. The molecular weight excluding hydrogens is 254 g/mol. The third-order valence-electron chi connectivity index (χ3n) is 3.76. The van der Waals surface area contributed by atoms with Crippen molar-refractivity contribution < 1.29 is 0 Å². The van der Waals surface area contributed by atoms with Crippen LogP contribution in [-0.4, -0.2) is 24.6 Å². The molecule has 1 saturated heterocycles. The second kappa shape index (κ2) is 6.23. The lowest BCUT2D eigenvalue weighted by Crippen LogP contribution is -2.22. The molecule has 1 aromatic rings. The van der Waals surface area contributed by atoms with E-state index >= 15 is 0 Å². The molecule has 0 bridgehead atoms. The number of aromatic nitrogens is 1. The molecule has 1 aliphatic rings. The molecule has 1 fully saturated rings. The molecule has 0 amide bonds. The first kappa shape index (κ1) is 14.8. The van der Waals surface area contributed by atoms with E-state index in [4.69, 9.17) is 4.98 Å². The predicted octanol–water partition coefficient (Wildman–Crippen LogP) is 3.44. The Morgan fingerprint density at radius 3 is 2.74 bits per heavy atom. The molecule has 0 aliphatic carbocycles. The lowest BCUT2D eigenvalue weighted by atomic mass is 9.93. The van der Waals surface area contributed by atoms with Crippen LogP contribution in [0.15, 0.2) is 0 Å². The zero-order chi connectivity index (χ0) is 13.9. The summed E-state index contributed by atoms with van der Waals surface area (Å²) in [4.78, 5) is 8.75. The number of thiazole rings is 1. The summed E-state index contributed by atoms with van der Waals surface area (Å²) in [6.45, 7) is 13.5. The molecule has 3 nitrogen and oxygen atoms in total. The number of hydrogen-bond donors (Lipinski definition) is 1. The Morgan fingerprint density at radius 1 is 1.37 bits per heavy atom. The second-order valence-corrected chi connectivity index (χ2v) is 7.29. The van der Waals surface area contributed by atoms with Gasteiger partial charge in [0.05, 0.1) is 5.69 Å². The fourth-order valence-corrected chi connectivity index (χ4v) is 3.72. The van der Waals surface area contributed by atoms with E-state index in [1.807, 2.05) is 11.3 Å². The van der Waals surface area contributed by atoms with E-state index in [2.05, 4.69) is 37.9 Å². The average Bonchev–Trinajstić information content (AvgIpc) is 2.93. The lowest BCUT2D eigenvalue weighted by Gasteiger charge is -2.18. The summed E-state index contributed by atoms with van der Waals surface area (Å²) in [7, 11) is 0. The molecule has 0 saturated carbocycles. The van der Waals surface area contributed by atoms with Gasteiger partial charge in [0, 0.05) is 24.5 Å². The summed E-state index contributed by atoms with van der Waals surface area (Å²) in [5, 5.41) is 4.73. The minimum Gasteiger partial charge on any atom is -0.348 e. The maximum Gasteiger partial charge on any atom is 0.185 e. The largest absolute Gasteiger partial charge is 0.348 e. The molecule has 1 aliphatic heterocycles. The van der Waals surface area contributed by atoms with Gasteiger partial charge in [-0.05, 0) is 31.2 Å². The van der Waals surface area contributed by atoms with Crippen molar-refractivity contribution in [3.63, 3.8) is 0 Å². The van der Waals surface area contributed by atoms with Crippen molar-refractivity contribution in [3.8, 4) is 0 Å². The molecule has 108 valence electrons. The van der Waals surface area contributed by atoms with Crippen molar-refractivity contribution in [1.29, 1.82) is 0 Å². The minimum absolute atomic E-state index is 0.443. The van der Waals surface area contributed by atoms with E-state index in [1.165, 1.54) is 28.5 Å². The second-order valence-electron chi connectivity index (χ2n) is 6.23. The fourth-order valence-electron chi connectivity index (χ4n) is 2.57. The normalized spacial score (nSPS) is 18.2. The van der Waals surface area contributed by atoms with E-state index in [1.54, 1.807) is 0 Å². The number of anilines is 1. The van der Waals surface area contributed by atoms with Gasteiger partial charge in [0.15, 0.2) is 5.13 Å². The molecular formula is C15H27N3S. The van der Waals surface area contributed by atoms with Crippen LogP contribution in [0.4, 0.5) is 5.13 Å². The Bertz CT molecular complexity index is 412. The van der Waals surface area contributed by atoms with E-state index in [-0.39, 0.29) is 0 Å². The summed E-state index contributed by atoms with van der Waals surface area (Å²) in [6, 6.07) is 0. The summed E-state index contributed by atoms with van der Waals surface area (Å²) in [5.41, 5.74) is 1.73. The van der Waals surface area contributed by atoms with E-state index < -0.39 is 0 Å². The Balaban J connectivity index is 2.06. The molecule has 1 N–H and O–H groups in total. The maximum absolute atomic E-state index is 4.86. The van der Waals surface area contributed by atoms with Crippen molar-refractivity contribution in [1.82, 2.24) is 10.3 Å². The van der Waals surface area contributed by atoms with Crippen LogP contribution in [0.3, 0.4) is 0 Å². The first-order valence-electron chi connectivity index (χ1n) is 7.50. The van der Waals surface area contributed by atoms with Gasteiger partial charge in [-0.15, -0.1) is 11.3 Å². The van der Waals surface area contributed by atoms with Gasteiger partial charge in [-0.3, -0.25) is 0 Å². The van der Waals surface area contributed by atoms with Crippen LogP contribution in [0.2, 0.25) is 0 Å². The van der Waals surface area contributed by atoms with Gasteiger partial charge >= 0.3 is 0 Å². The molecule has 0 spiro atoms. The van der Waals surface area contributed by atoms with E-state index in [9.17, 15) is 0 Å². The zero-order valence-electron chi connectivity index (χ0n) is 12.8. The van der Waals surface area contributed by atoms with Crippen LogP contribution in [0.25, 0.3) is 0 Å². The number of nitrogens with zero attached hydrogens (tertiary/aromatic N) is 2. The van der Waals surface area contributed by atoms with Crippen molar-refractivity contribution >= 4 is 16.5 Å². The van der Waals surface area contributed by atoms with Gasteiger partial charge < -0.3 is 10.2 Å². The Morgan fingerprint density at radius 2 is 2.16 bits per heavy atom. The average molecular weight is 281 g/mol. The molecule has 0 atom stereocenters. The number of rotatable bonds is 6. The monoisotopic (exact) mass is 281 g/mol. The molecule has 0 radical (unpaired) electrons. The summed E-state index contributed by atoms with van der Waals surface area (Å²) >= 11 is 1.88. The number of aryl methyl sites for hydroxylation is 1. The van der Waals surface area contributed by atoms with Crippen molar-refractivity contribution in [2.24, 2.45) is 5.41 Å². The van der Waals surface area contributed by atoms with Crippen LogP contribution >= 0.6 is 11.3 Å². The summed E-state index contributed by atoms with van der Waals surface area (Å²) in [6.07, 6.45) is 3.50. The van der Waals surface area contributed by atoms with Crippen LogP contribution < -0.4 is 10.2 Å². The molecule has 2 rings (SSSR count). The highest BCUT2D eigenvalue weighted by atomic mass is 32.1. The Hall–Kier alpha value is -0.610. The smallest absolute Gasteiger partial charge is 0.185 e. The molecule has 0 aromatic carbocycles. The van der Waals surface area contributed by atoms with Crippen LogP contribution in [0.1, 0.15) is 51.1 Å². The lowest BCUT2D eigenvalue weighted by molar-refractivity contribution is 0.418. The first-order valence-corrected chi connectivity index (χ1v) is 8.31. The topological polar surface area (TPSA) is 28.2 Å². The highest BCUT2D eigenvalue weighted by molar-refractivity contribution is 7.15. The molecule has 2 heterocycles. The quantitative estimate of drug-likeness (QED) is 0.810. The van der Waals surface area contributed by atoms with Crippen molar-refractivity contribution in [2.45, 2.75) is 53.5 Å². The molecule has 0 unspecified atom stereocenters. The predicted molar refractivity (Wildman–Crippen MR) is 84.1 cm³/mol. The van der Waals surface area contributed by atoms with Gasteiger partial charge in [0.25, 0.3) is 0 Å². The standard InChI is InChI=1S/C15H27N3S/c1-5-8-16-10-13-12(6-2)17-14(19-13)18-9-7-15(3,4)11-18/h16H,5-11H2,1-4H3. The van der Waals surface area contributed by atoms with Gasteiger partial charge in [0.1, 0.15) is 0 Å². The van der Waals surface area contributed by atoms with Crippen molar-refractivity contribution in [3.05, 3.63) is 10.6 Å². The molecule has 1 aromatic heterocycles. The van der Waals surface area contributed by atoms with Gasteiger partial charge in [-0.25, -0.2) is 4.98 Å². The van der Waals surface area contributed by atoms with Crippen molar-refractivity contribution in [2.75, 3.05) is 24.5 Å². The van der Waals surface area contributed by atoms with Crippen LogP contribution in [0, 0.1) is 5.41 Å². The summed E-state index contributed by atoms with van der Waals surface area (Å²) in [5.74, 6) is 0. The van der Waals surface area contributed by atoms with Gasteiger partial charge in [-0.1, -0.05) is 27.7 Å². The third kappa shape index (κ3) is 3.69. The first-order chi connectivity index (χ1) is 9.05. The highest BCUT2D eigenvalue weighted by Crippen LogP contribution is 2.35. The zero-order valence-corrected chi connectivity index (χ0v) is 13.6. The van der Waals surface area contributed by atoms with Gasteiger partial charge in [0.2, 0.25) is 0 Å². The number of nitrogens with one attached hydrogen (secondary N) is 1.